The standard InChI is InChI=1S/C6H10O3/c7-5-3-9-6-4(5)1-2-8-6/h4-7H,1-3H2/t4?,5-,6-/m1/s1. The Balaban J connectivity index is 2.07. The van der Waals surface area contributed by atoms with Gasteiger partial charge in [-0.2, -0.15) is 0 Å². The highest BCUT2D eigenvalue weighted by molar-refractivity contribution is 4.81. The molecule has 2 fully saturated rings. The molecule has 0 aromatic heterocycles. The zero-order valence-corrected chi connectivity index (χ0v) is 5.12. The van der Waals surface area contributed by atoms with Crippen molar-refractivity contribution in [1.82, 2.24) is 0 Å². The minimum atomic E-state index is -0.280. The van der Waals surface area contributed by atoms with Crippen molar-refractivity contribution in [2.75, 3.05) is 13.2 Å². The van der Waals surface area contributed by atoms with E-state index < -0.39 is 0 Å². The molecule has 2 aliphatic rings. The Bertz CT molecular complexity index is 115. The number of ether oxygens (including phenoxy) is 2. The number of aliphatic hydroxyl groups is 1. The maximum Gasteiger partial charge on any atom is 0.163 e. The predicted octanol–water partition coefficient (Wildman–Crippen LogP) is -0.260. The minimum absolute atomic E-state index is 0.0972. The lowest BCUT2D eigenvalue weighted by Gasteiger charge is -2.06. The molecule has 0 aliphatic carbocycles. The molecule has 0 amide bonds. The summed E-state index contributed by atoms with van der Waals surface area (Å²) >= 11 is 0. The zero-order valence-electron chi connectivity index (χ0n) is 5.12. The SMILES string of the molecule is O[C@@H]1CO[C@H]2OCCC21. The molecule has 1 N–H and O–H groups in total. The van der Waals surface area contributed by atoms with Crippen LogP contribution >= 0.6 is 0 Å². The van der Waals surface area contributed by atoms with E-state index in [9.17, 15) is 5.11 Å². The van der Waals surface area contributed by atoms with E-state index in [2.05, 4.69) is 0 Å². The minimum Gasteiger partial charge on any atom is -0.390 e. The molecular weight excluding hydrogens is 120 g/mol. The molecule has 0 radical (unpaired) electrons. The highest BCUT2D eigenvalue weighted by atomic mass is 16.7. The fourth-order valence-corrected chi connectivity index (χ4v) is 1.44. The van der Waals surface area contributed by atoms with Gasteiger partial charge in [0.25, 0.3) is 0 Å². The lowest BCUT2D eigenvalue weighted by atomic mass is 10.0. The van der Waals surface area contributed by atoms with E-state index in [0.717, 1.165) is 13.0 Å². The highest BCUT2D eigenvalue weighted by Gasteiger charge is 2.40. The number of hydrogen-bond acceptors (Lipinski definition) is 3. The smallest absolute Gasteiger partial charge is 0.163 e. The lowest BCUT2D eigenvalue weighted by Crippen LogP contribution is -2.18. The summed E-state index contributed by atoms with van der Waals surface area (Å²) in [5.41, 5.74) is 0. The summed E-state index contributed by atoms with van der Waals surface area (Å²) in [4.78, 5) is 0. The van der Waals surface area contributed by atoms with Crippen LogP contribution in [0, 0.1) is 5.92 Å². The van der Waals surface area contributed by atoms with Crippen LogP contribution in [0.4, 0.5) is 0 Å². The van der Waals surface area contributed by atoms with Gasteiger partial charge >= 0.3 is 0 Å². The molecule has 2 saturated heterocycles. The molecule has 3 heteroatoms. The van der Waals surface area contributed by atoms with Crippen molar-refractivity contribution < 1.29 is 14.6 Å². The van der Waals surface area contributed by atoms with E-state index in [4.69, 9.17) is 9.47 Å². The largest absolute Gasteiger partial charge is 0.390 e. The normalized spacial score (nSPS) is 49.7. The van der Waals surface area contributed by atoms with Gasteiger partial charge in [-0.15, -0.1) is 0 Å². The Morgan fingerprint density at radius 2 is 2.22 bits per heavy atom. The van der Waals surface area contributed by atoms with E-state index in [1.807, 2.05) is 0 Å². The van der Waals surface area contributed by atoms with Crippen molar-refractivity contribution in [3.8, 4) is 0 Å². The molecule has 0 spiro atoms. The summed E-state index contributed by atoms with van der Waals surface area (Å²) in [5.74, 6) is 0.255. The van der Waals surface area contributed by atoms with Gasteiger partial charge in [-0.3, -0.25) is 0 Å². The summed E-state index contributed by atoms with van der Waals surface area (Å²) in [6.07, 6.45) is 0.573. The predicted molar refractivity (Wildman–Crippen MR) is 29.8 cm³/mol. The fraction of sp³-hybridized carbons (Fsp3) is 1.00. The van der Waals surface area contributed by atoms with Gasteiger partial charge in [0, 0.05) is 5.92 Å². The number of hydrogen-bond donors (Lipinski definition) is 1. The summed E-state index contributed by atoms with van der Waals surface area (Å²) in [5, 5.41) is 9.19. The van der Waals surface area contributed by atoms with Crippen LogP contribution in [-0.2, 0) is 9.47 Å². The molecule has 52 valence electrons. The van der Waals surface area contributed by atoms with Crippen molar-refractivity contribution in [2.45, 2.75) is 18.8 Å². The Hall–Kier alpha value is -0.120. The van der Waals surface area contributed by atoms with Crippen molar-refractivity contribution in [3.05, 3.63) is 0 Å². The molecule has 9 heavy (non-hydrogen) atoms. The Morgan fingerprint density at radius 1 is 1.33 bits per heavy atom. The van der Waals surface area contributed by atoms with Gasteiger partial charge in [0.2, 0.25) is 0 Å². The van der Waals surface area contributed by atoms with Gasteiger partial charge in [-0.25, -0.2) is 0 Å². The molecule has 3 nitrogen and oxygen atoms in total. The lowest BCUT2D eigenvalue weighted by molar-refractivity contribution is -0.0907. The molecule has 0 saturated carbocycles. The van der Waals surface area contributed by atoms with Crippen LogP contribution in [0.3, 0.4) is 0 Å². The van der Waals surface area contributed by atoms with Crippen LogP contribution in [-0.4, -0.2) is 30.7 Å². The van der Waals surface area contributed by atoms with Crippen molar-refractivity contribution in [1.29, 1.82) is 0 Å². The third-order valence-electron chi connectivity index (χ3n) is 2.01. The maximum atomic E-state index is 9.19. The van der Waals surface area contributed by atoms with Crippen LogP contribution < -0.4 is 0 Å². The molecule has 0 bridgehead atoms. The number of rotatable bonds is 0. The Morgan fingerprint density at radius 3 is 3.00 bits per heavy atom. The van der Waals surface area contributed by atoms with E-state index in [-0.39, 0.29) is 18.3 Å². The van der Waals surface area contributed by atoms with Gasteiger partial charge < -0.3 is 14.6 Å². The number of aliphatic hydroxyl groups excluding tert-OH is 1. The molecule has 0 aromatic carbocycles. The molecule has 1 unspecified atom stereocenters. The van der Waals surface area contributed by atoms with Crippen molar-refractivity contribution >= 4 is 0 Å². The highest BCUT2D eigenvalue weighted by Crippen LogP contribution is 2.30. The van der Waals surface area contributed by atoms with Crippen molar-refractivity contribution in [2.24, 2.45) is 5.92 Å². The van der Waals surface area contributed by atoms with Crippen LogP contribution in [0.2, 0.25) is 0 Å². The third kappa shape index (κ3) is 0.764. The fourth-order valence-electron chi connectivity index (χ4n) is 1.44. The Labute approximate surface area is 53.6 Å². The first-order valence-corrected chi connectivity index (χ1v) is 3.29. The first-order chi connectivity index (χ1) is 4.38. The van der Waals surface area contributed by atoms with E-state index in [0.29, 0.717) is 6.61 Å². The summed E-state index contributed by atoms with van der Waals surface area (Å²) in [7, 11) is 0. The van der Waals surface area contributed by atoms with E-state index >= 15 is 0 Å². The van der Waals surface area contributed by atoms with Gasteiger partial charge in [-0.05, 0) is 6.42 Å². The summed E-state index contributed by atoms with van der Waals surface area (Å²) < 4.78 is 10.3. The number of fused-ring (bicyclic) bond motifs is 1. The van der Waals surface area contributed by atoms with E-state index in [1.165, 1.54) is 0 Å². The zero-order chi connectivity index (χ0) is 6.27. The summed E-state index contributed by atoms with van der Waals surface area (Å²) in [6, 6.07) is 0. The van der Waals surface area contributed by atoms with Gasteiger partial charge in [0.05, 0.1) is 19.3 Å². The van der Waals surface area contributed by atoms with Gasteiger partial charge in [0.1, 0.15) is 0 Å². The molecular formula is C6H10O3. The molecule has 2 rings (SSSR count). The molecule has 2 heterocycles. The topological polar surface area (TPSA) is 38.7 Å². The quantitative estimate of drug-likeness (QED) is 0.491. The van der Waals surface area contributed by atoms with Crippen LogP contribution in [0.1, 0.15) is 6.42 Å². The van der Waals surface area contributed by atoms with Crippen LogP contribution in [0.15, 0.2) is 0 Å². The van der Waals surface area contributed by atoms with Crippen LogP contribution in [0.25, 0.3) is 0 Å². The van der Waals surface area contributed by atoms with E-state index in [1.54, 1.807) is 0 Å². The molecule has 2 aliphatic heterocycles. The first-order valence-electron chi connectivity index (χ1n) is 3.29. The van der Waals surface area contributed by atoms with Crippen LogP contribution in [0.5, 0.6) is 0 Å². The first kappa shape index (κ1) is 5.65. The Kier molecular flexibility index (Phi) is 1.22. The molecule has 3 atom stereocenters. The van der Waals surface area contributed by atoms with Crippen molar-refractivity contribution in [3.63, 3.8) is 0 Å². The average molecular weight is 130 g/mol. The van der Waals surface area contributed by atoms with Gasteiger partial charge in [-0.1, -0.05) is 0 Å². The second-order valence-corrected chi connectivity index (χ2v) is 2.59. The molecule has 0 aromatic rings. The second-order valence-electron chi connectivity index (χ2n) is 2.59. The summed E-state index contributed by atoms with van der Waals surface area (Å²) in [6.45, 7) is 1.20. The third-order valence-corrected chi connectivity index (χ3v) is 2.01. The second kappa shape index (κ2) is 1.94. The average Bonchev–Trinajstić information content (AvgIpc) is 2.35. The monoisotopic (exact) mass is 130 g/mol. The maximum absolute atomic E-state index is 9.19. The van der Waals surface area contributed by atoms with Gasteiger partial charge in [0.15, 0.2) is 6.29 Å².